The van der Waals surface area contributed by atoms with Crippen molar-refractivity contribution in [3.8, 4) is 50.5 Å². The summed E-state index contributed by atoms with van der Waals surface area (Å²) in [5, 5.41) is 0.580. The number of anilines is 3. The molecule has 0 saturated heterocycles. The Morgan fingerprint density at radius 3 is 1.46 bits per heavy atom. The molecule has 1 aromatic heterocycles. The summed E-state index contributed by atoms with van der Waals surface area (Å²) in [6.45, 7) is 0. The smallest absolute Gasteiger partial charge is 0.266 e. The molecule has 9 aromatic rings. The lowest BCUT2D eigenvalue weighted by Gasteiger charge is -2.27. The van der Waals surface area contributed by atoms with E-state index in [-0.39, 0.29) is 5.56 Å². The molecule has 0 fully saturated rings. The molecule has 8 aromatic carbocycles. The van der Waals surface area contributed by atoms with E-state index in [4.69, 9.17) is 4.98 Å². The average molecular weight is 694 g/mol. The second-order valence-electron chi connectivity index (χ2n) is 13.2. The monoisotopic (exact) mass is 693 g/mol. The highest BCUT2D eigenvalue weighted by molar-refractivity contribution is 5.84. The van der Waals surface area contributed by atoms with E-state index in [1.165, 1.54) is 5.56 Å². The van der Waals surface area contributed by atoms with Gasteiger partial charge in [-0.2, -0.15) is 0 Å². The van der Waals surface area contributed by atoms with Crippen LogP contribution in [-0.4, -0.2) is 9.55 Å². The molecule has 0 bridgehead atoms. The van der Waals surface area contributed by atoms with Gasteiger partial charge in [-0.3, -0.25) is 9.36 Å². The Bertz CT molecular complexity index is 2780. The first-order chi connectivity index (χ1) is 26.7. The van der Waals surface area contributed by atoms with E-state index >= 15 is 0 Å². The minimum atomic E-state index is -0.103. The third kappa shape index (κ3) is 6.38. The Morgan fingerprint density at radius 2 is 0.833 bits per heavy atom. The maximum absolute atomic E-state index is 14.2. The minimum Gasteiger partial charge on any atom is -0.310 e. The van der Waals surface area contributed by atoms with Crippen molar-refractivity contribution in [1.29, 1.82) is 0 Å². The lowest BCUT2D eigenvalue weighted by Crippen LogP contribution is -2.22. The van der Waals surface area contributed by atoms with Crippen LogP contribution in [-0.2, 0) is 0 Å². The summed E-state index contributed by atoms with van der Waals surface area (Å²) < 4.78 is 1.74. The van der Waals surface area contributed by atoms with Gasteiger partial charge in [0.2, 0.25) is 0 Å². The molecule has 0 N–H and O–H groups in total. The fourth-order valence-corrected chi connectivity index (χ4v) is 7.14. The van der Waals surface area contributed by atoms with Crippen LogP contribution in [0.1, 0.15) is 0 Å². The Balaban J connectivity index is 1.16. The largest absolute Gasteiger partial charge is 0.310 e. The second kappa shape index (κ2) is 14.4. The lowest BCUT2D eigenvalue weighted by atomic mass is 10.0. The molecule has 0 aliphatic carbocycles. The normalized spacial score (nSPS) is 11.0. The van der Waals surface area contributed by atoms with Gasteiger partial charge in [0.05, 0.1) is 16.6 Å². The van der Waals surface area contributed by atoms with E-state index in [0.717, 1.165) is 56.1 Å². The topological polar surface area (TPSA) is 38.1 Å². The summed E-state index contributed by atoms with van der Waals surface area (Å²) >= 11 is 0. The van der Waals surface area contributed by atoms with Gasteiger partial charge >= 0.3 is 0 Å². The highest BCUT2D eigenvalue weighted by atomic mass is 16.1. The zero-order valence-corrected chi connectivity index (χ0v) is 29.5. The fraction of sp³-hybridized carbons (Fsp3) is 0. The van der Waals surface area contributed by atoms with Crippen molar-refractivity contribution in [3.05, 3.63) is 223 Å². The van der Waals surface area contributed by atoms with Crippen LogP contribution in [0.5, 0.6) is 0 Å². The van der Waals surface area contributed by atoms with Crippen LogP contribution in [0.4, 0.5) is 17.1 Å². The number of rotatable bonds is 8. The maximum atomic E-state index is 14.2. The van der Waals surface area contributed by atoms with Crippen molar-refractivity contribution in [1.82, 2.24) is 9.55 Å². The first kappa shape index (κ1) is 32.6. The van der Waals surface area contributed by atoms with Crippen molar-refractivity contribution in [2.75, 3.05) is 4.90 Å². The van der Waals surface area contributed by atoms with E-state index in [1.807, 2.05) is 78.9 Å². The van der Waals surface area contributed by atoms with E-state index in [9.17, 15) is 4.79 Å². The van der Waals surface area contributed by atoms with E-state index < -0.39 is 0 Å². The van der Waals surface area contributed by atoms with E-state index in [0.29, 0.717) is 16.7 Å². The Labute approximate surface area is 314 Å². The predicted octanol–water partition coefficient (Wildman–Crippen LogP) is 12.5. The number of hydrogen-bond donors (Lipinski definition) is 0. The molecule has 9 rings (SSSR count). The third-order valence-electron chi connectivity index (χ3n) is 9.79. The van der Waals surface area contributed by atoms with Gasteiger partial charge in [0.15, 0.2) is 0 Å². The van der Waals surface area contributed by atoms with Crippen molar-refractivity contribution < 1.29 is 0 Å². The van der Waals surface area contributed by atoms with Crippen LogP contribution >= 0.6 is 0 Å². The van der Waals surface area contributed by atoms with Crippen molar-refractivity contribution in [3.63, 3.8) is 0 Å². The van der Waals surface area contributed by atoms with Crippen LogP contribution in [0.2, 0.25) is 0 Å². The number of para-hydroxylation sites is 1. The van der Waals surface area contributed by atoms with Gasteiger partial charge in [0.25, 0.3) is 5.56 Å². The van der Waals surface area contributed by atoms with Crippen molar-refractivity contribution in [2.24, 2.45) is 0 Å². The van der Waals surface area contributed by atoms with Gasteiger partial charge in [0.1, 0.15) is 5.82 Å². The third-order valence-corrected chi connectivity index (χ3v) is 9.79. The Kier molecular flexibility index (Phi) is 8.68. The standard InChI is InChI=1S/C50H35N3O/c54-50-47-27-10-11-28-48(47)51-49(39-19-8-3-9-20-39)53(50)46-26-14-23-42(35-46)41-22-13-25-45(34-41)52(43-31-29-38(30-32-43)36-15-4-1-5-16-36)44-24-12-21-40(33-44)37-17-6-2-7-18-37/h1-35H. The summed E-state index contributed by atoms with van der Waals surface area (Å²) in [5.74, 6) is 0.605. The van der Waals surface area contributed by atoms with E-state index in [2.05, 4.69) is 138 Å². The molecule has 0 saturated carbocycles. The molecule has 0 aliphatic heterocycles. The van der Waals surface area contributed by atoms with Crippen LogP contribution in [0.25, 0.3) is 61.4 Å². The summed E-state index contributed by atoms with van der Waals surface area (Å²) in [4.78, 5) is 21.5. The van der Waals surface area contributed by atoms with Gasteiger partial charge in [-0.05, 0) is 94.0 Å². The highest BCUT2D eigenvalue weighted by Gasteiger charge is 2.17. The average Bonchev–Trinajstić information content (AvgIpc) is 3.25. The Morgan fingerprint density at radius 1 is 0.370 bits per heavy atom. The molecule has 4 heteroatoms. The van der Waals surface area contributed by atoms with Crippen molar-refractivity contribution >= 4 is 28.0 Å². The van der Waals surface area contributed by atoms with Crippen LogP contribution in [0, 0.1) is 0 Å². The number of nitrogens with zero attached hydrogens (tertiary/aromatic N) is 3. The molecule has 54 heavy (non-hydrogen) atoms. The summed E-state index contributed by atoms with van der Waals surface area (Å²) in [7, 11) is 0. The predicted molar refractivity (Wildman–Crippen MR) is 224 cm³/mol. The van der Waals surface area contributed by atoms with Crippen LogP contribution < -0.4 is 10.5 Å². The quantitative estimate of drug-likeness (QED) is 0.159. The second-order valence-corrected chi connectivity index (χ2v) is 13.2. The number of fused-ring (bicyclic) bond motifs is 1. The van der Waals surface area contributed by atoms with Gasteiger partial charge in [-0.25, -0.2) is 4.98 Å². The summed E-state index contributed by atoms with van der Waals surface area (Å²) in [5.41, 5.74) is 12.0. The number of benzene rings is 8. The first-order valence-corrected chi connectivity index (χ1v) is 18.1. The molecule has 0 aliphatic rings. The number of hydrogen-bond acceptors (Lipinski definition) is 3. The molecule has 256 valence electrons. The van der Waals surface area contributed by atoms with Gasteiger partial charge in [0, 0.05) is 22.6 Å². The van der Waals surface area contributed by atoms with Gasteiger partial charge in [-0.1, -0.05) is 152 Å². The summed E-state index contributed by atoms with van der Waals surface area (Å²) in [6, 6.07) is 72.6. The fourth-order valence-electron chi connectivity index (χ4n) is 7.14. The molecule has 1 heterocycles. The Hall–Kier alpha value is -7.30. The maximum Gasteiger partial charge on any atom is 0.266 e. The zero-order valence-electron chi connectivity index (χ0n) is 29.5. The zero-order chi connectivity index (χ0) is 36.3. The van der Waals surface area contributed by atoms with Crippen LogP contribution in [0.3, 0.4) is 0 Å². The summed E-state index contributed by atoms with van der Waals surface area (Å²) in [6.07, 6.45) is 0. The first-order valence-electron chi connectivity index (χ1n) is 18.1. The van der Waals surface area contributed by atoms with E-state index in [1.54, 1.807) is 4.57 Å². The molecular formula is C50H35N3O. The van der Waals surface area contributed by atoms with Gasteiger partial charge < -0.3 is 4.90 Å². The molecule has 4 nitrogen and oxygen atoms in total. The van der Waals surface area contributed by atoms with Crippen molar-refractivity contribution in [2.45, 2.75) is 0 Å². The minimum absolute atomic E-state index is 0.103. The van der Waals surface area contributed by atoms with Crippen LogP contribution in [0.15, 0.2) is 217 Å². The lowest BCUT2D eigenvalue weighted by molar-refractivity contribution is 0.976. The molecule has 0 radical (unpaired) electrons. The van der Waals surface area contributed by atoms with Gasteiger partial charge in [-0.15, -0.1) is 0 Å². The molecule has 0 atom stereocenters. The molecule has 0 spiro atoms. The molecular weight excluding hydrogens is 659 g/mol. The molecule has 0 amide bonds. The molecule has 0 unspecified atom stereocenters. The number of aromatic nitrogens is 2. The highest BCUT2D eigenvalue weighted by Crippen LogP contribution is 2.39. The SMILES string of the molecule is O=c1c2ccccc2nc(-c2ccccc2)n1-c1cccc(-c2cccc(N(c3ccc(-c4ccccc4)cc3)c3cccc(-c4ccccc4)c3)c2)c1.